The summed E-state index contributed by atoms with van der Waals surface area (Å²) in [6.07, 6.45) is 0.931. The summed E-state index contributed by atoms with van der Waals surface area (Å²) in [6.45, 7) is 3.32. The van der Waals surface area contributed by atoms with Crippen molar-refractivity contribution in [1.29, 1.82) is 0 Å². The SMILES string of the molecule is c1ccc(CNCCC2OCCO2)cc1. The Balaban J connectivity index is 1.59. The van der Waals surface area contributed by atoms with E-state index in [1.807, 2.05) is 6.07 Å². The summed E-state index contributed by atoms with van der Waals surface area (Å²) < 4.78 is 10.7. The van der Waals surface area contributed by atoms with Crippen LogP contribution in [0.3, 0.4) is 0 Å². The Bertz CT molecular complexity index is 270. The Kier molecular flexibility index (Phi) is 4.14. The molecule has 1 saturated heterocycles. The summed E-state index contributed by atoms with van der Waals surface area (Å²) in [5.74, 6) is 0. The topological polar surface area (TPSA) is 30.5 Å². The lowest BCUT2D eigenvalue weighted by atomic mass is 10.2. The number of ether oxygens (including phenoxy) is 2. The average Bonchev–Trinajstić information content (AvgIpc) is 2.79. The zero-order valence-electron chi connectivity index (χ0n) is 8.82. The molecule has 0 aromatic heterocycles. The number of hydrogen-bond acceptors (Lipinski definition) is 3. The molecule has 0 atom stereocenters. The van der Waals surface area contributed by atoms with Crippen molar-refractivity contribution >= 4 is 0 Å². The molecule has 1 aromatic carbocycles. The lowest BCUT2D eigenvalue weighted by molar-refractivity contribution is -0.0459. The van der Waals surface area contributed by atoms with E-state index in [9.17, 15) is 0 Å². The molecule has 0 saturated carbocycles. The van der Waals surface area contributed by atoms with E-state index in [-0.39, 0.29) is 6.29 Å². The molecule has 3 heteroatoms. The minimum Gasteiger partial charge on any atom is -0.350 e. The minimum absolute atomic E-state index is 0.00766. The van der Waals surface area contributed by atoms with Crippen molar-refractivity contribution in [3.05, 3.63) is 35.9 Å². The first-order valence-electron chi connectivity index (χ1n) is 5.43. The highest BCUT2D eigenvalue weighted by atomic mass is 16.7. The van der Waals surface area contributed by atoms with Crippen LogP contribution in [0, 0.1) is 0 Å². The molecule has 3 nitrogen and oxygen atoms in total. The highest BCUT2D eigenvalue weighted by Crippen LogP contribution is 2.06. The van der Waals surface area contributed by atoms with Crippen LogP contribution in [0.4, 0.5) is 0 Å². The van der Waals surface area contributed by atoms with Gasteiger partial charge in [-0.15, -0.1) is 0 Å². The fourth-order valence-electron chi connectivity index (χ4n) is 1.62. The largest absolute Gasteiger partial charge is 0.350 e. The molecule has 0 aliphatic carbocycles. The molecular weight excluding hydrogens is 190 g/mol. The van der Waals surface area contributed by atoms with Crippen LogP contribution >= 0.6 is 0 Å². The number of rotatable bonds is 5. The van der Waals surface area contributed by atoms with Crippen LogP contribution in [0.5, 0.6) is 0 Å². The predicted molar refractivity (Wildman–Crippen MR) is 58.5 cm³/mol. The fraction of sp³-hybridized carbons (Fsp3) is 0.500. The van der Waals surface area contributed by atoms with E-state index in [0.29, 0.717) is 0 Å². The Morgan fingerprint density at radius 2 is 1.87 bits per heavy atom. The first-order chi connectivity index (χ1) is 7.45. The van der Waals surface area contributed by atoms with E-state index in [4.69, 9.17) is 9.47 Å². The third-order valence-corrected chi connectivity index (χ3v) is 2.42. The lowest BCUT2D eigenvalue weighted by Crippen LogP contribution is -2.20. The van der Waals surface area contributed by atoms with E-state index in [1.165, 1.54) is 5.56 Å². The summed E-state index contributed by atoms with van der Waals surface area (Å²) in [4.78, 5) is 0. The summed E-state index contributed by atoms with van der Waals surface area (Å²) in [5, 5.41) is 3.37. The number of nitrogens with one attached hydrogen (secondary N) is 1. The molecule has 1 fully saturated rings. The molecular formula is C12H17NO2. The van der Waals surface area contributed by atoms with Gasteiger partial charge in [-0.1, -0.05) is 30.3 Å². The Morgan fingerprint density at radius 1 is 1.13 bits per heavy atom. The van der Waals surface area contributed by atoms with Gasteiger partial charge < -0.3 is 14.8 Å². The van der Waals surface area contributed by atoms with Crippen molar-refractivity contribution in [3.8, 4) is 0 Å². The van der Waals surface area contributed by atoms with Gasteiger partial charge in [0.2, 0.25) is 0 Å². The molecule has 82 valence electrons. The van der Waals surface area contributed by atoms with E-state index < -0.39 is 0 Å². The Labute approximate surface area is 90.4 Å². The summed E-state index contributed by atoms with van der Waals surface area (Å²) in [7, 11) is 0. The number of hydrogen-bond donors (Lipinski definition) is 1. The third-order valence-electron chi connectivity index (χ3n) is 2.42. The normalized spacial score (nSPS) is 17.1. The van der Waals surface area contributed by atoms with Crippen molar-refractivity contribution < 1.29 is 9.47 Å². The van der Waals surface area contributed by atoms with Gasteiger partial charge in [-0.25, -0.2) is 0 Å². The van der Waals surface area contributed by atoms with E-state index in [1.54, 1.807) is 0 Å². The van der Waals surface area contributed by atoms with Crippen LogP contribution in [0.15, 0.2) is 30.3 Å². The van der Waals surface area contributed by atoms with E-state index >= 15 is 0 Å². The molecule has 0 radical (unpaired) electrons. The van der Waals surface area contributed by atoms with Crippen LogP contribution in [-0.2, 0) is 16.0 Å². The maximum atomic E-state index is 5.34. The summed E-state index contributed by atoms with van der Waals surface area (Å²) in [6, 6.07) is 10.4. The lowest BCUT2D eigenvalue weighted by Gasteiger charge is -2.09. The highest BCUT2D eigenvalue weighted by molar-refractivity contribution is 5.14. The van der Waals surface area contributed by atoms with Crippen LogP contribution < -0.4 is 5.32 Å². The highest BCUT2D eigenvalue weighted by Gasteiger charge is 2.14. The minimum atomic E-state index is 0.00766. The molecule has 1 aromatic rings. The Morgan fingerprint density at radius 3 is 2.60 bits per heavy atom. The second-order valence-corrected chi connectivity index (χ2v) is 3.62. The second kappa shape index (κ2) is 5.85. The molecule has 0 bridgehead atoms. The van der Waals surface area contributed by atoms with Gasteiger partial charge in [0, 0.05) is 19.5 Å². The first-order valence-corrected chi connectivity index (χ1v) is 5.43. The van der Waals surface area contributed by atoms with Crippen molar-refractivity contribution in [2.24, 2.45) is 0 Å². The quantitative estimate of drug-likeness (QED) is 0.743. The summed E-state index contributed by atoms with van der Waals surface area (Å²) >= 11 is 0. The molecule has 0 unspecified atom stereocenters. The maximum absolute atomic E-state index is 5.34. The van der Waals surface area contributed by atoms with Crippen molar-refractivity contribution in [1.82, 2.24) is 5.32 Å². The molecule has 0 spiro atoms. The average molecular weight is 207 g/mol. The smallest absolute Gasteiger partial charge is 0.159 e. The van der Waals surface area contributed by atoms with Gasteiger partial charge >= 0.3 is 0 Å². The van der Waals surface area contributed by atoms with Gasteiger partial charge in [-0.05, 0) is 5.56 Å². The molecule has 1 N–H and O–H groups in total. The molecule has 15 heavy (non-hydrogen) atoms. The van der Waals surface area contributed by atoms with E-state index in [0.717, 1.165) is 32.7 Å². The maximum Gasteiger partial charge on any atom is 0.159 e. The molecule has 1 heterocycles. The van der Waals surface area contributed by atoms with Crippen LogP contribution in [0.25, 0.3) is 0 Å². The number of benzene rings is 1. The molecule has 1 aliphatic rings. The predicted octanol–water partition coefficient (Wildman–Crippen LogP) is 1.54. The van der Waals surface area contributed by atoms with Crippen LogP contribution in [-0.4, -0.2) is 26.0 Å². The fourth-order valence-corrected chi connectivity index (χ4v) is 1.62. The molecule has 1 aliphatic heterocycles. The standard InChI is InChI=1S/C12H17NO2/c1-2-4-11(5-3-1)10-13-7-6-12-14-8-9-15-12/h1-5,12-13H,6-10H2. The van der Waals surface area contributed by atoms with Crippen molar-refractivity contribution in [2.45, 2.75) is 19.3 Å². The van der Waals surface area contributed by atoms with Crippen molar-refractivity contribution in [2.75, 3.05) is 19.8 Å². The third kappa shape index (κ3) is 3.63. The van der Waals surface area contributed by atoms with E-state index in [2.05, 4.69) is 29.6 Å². The van der Waals surface area contributed by atoms with Gasteiger partial charge in [0.25, 0.3) is 0 Å². The van der Waals surface area contributed by atoms with Gasteiger partial charge in [0.15, 0.2) is 6.29 Å². The second-order valence-electron chi connectivity index (χ2n) is 3.62. The van der Waals surface area contributed by atoms with Crippen molar-refractivity contribution in [3.63, 3.8) is 0 Å². The summed E-state index contributed by atoms with van der Waals surface area (Å²) in [5.41, 5.74) is 1.31. The van der Waals surface area contributed by atoms with Gasteiger partial charge in [0.05, 0.1) is 13.2 Å². The monoisotopic (exact) mass is 207 g/mol. The zero-order valence-corrected chi connectivity index (χ0v) is 8.82. The van der Waals surface area contributed by atoms with Crippen LogP contribution in [0.1, 0.15) is 12.0 Å². The van der Waals surface area contributed by atoms with Gasteiger partial charge in [-0.3, -0.25) is 0 Å². The van der Waals surface area contributed by atoms with Crippen LogP contribution in [0.2, 0.25) is 0 Å². The zero-order chi connectivity index (χ0) is 10.3. The molecule has 2 rings (SSSR count). The first kappa shape index (κ1) is 10.6. The Hall–Kier alpha value is -0.900. The van der Waals surface area contributed by atoms with Gasteiger partial charge in [-0.2, -0.15) is 0 Å². The van der Waals surface area contributed by atoms with Gasteiger partial charge in [0.1, 0.15) is 0 Å². The molecule has 0 amide bonds.